The molecule has 0 heterocycles. The smallest absolute Gasteiger partial charge is 0.264 e. The van der Waals surface area contributed by atoms with Crippen LogP contribution in [0.25, 0.3) is 0 Å². The Kier molecular flexibility index (Phi) is 10.2. The summed E-state index contributed by atoms with van der Waals surface area (Å²) in [6, 6.07) is 19.5. The van der Waals surface area contributed by atoms with Crippen molar-refractivity contribution in [2.75, 3.05) is 17.4 Å². The summed E-state index contributed by atoms with van der Waals surface area (Å²) in [5.74, 6) is -0.600. The summed E-state index contributed by atoms with van der Waals surface area (Å²) in [5, 5.41) is 3.38. The molecule has 1 atom stereocenters. The van der Waals surface area contributed by atoms with Crippen molar-refractivity contribution in [3.05, 3.63) is 94.5 Å². The minimum absolute atomic E-state index is 0.0696. The molecular formula is C30H36ClN3O4S. The average Bonchev–Trinajstić information content (AvgIpc) is 2.90. The molecule has 0 aliphatic heterocycles. The quantitative estimate of drug-likeness (QED) is 0.338. The third-order valence-electron chi connectivity index (χ3n) is 6.48. The number of anilines is 1. The lowest BCUT2D eigenvalue weighted by Crippen LogP contribution is -2.51. The van der Waals surface area contributed by atoms with E-state index in [0.717, 1.165) is 21.0 Å². The Balaban J connectivity index is 2.03. The van der Waals surface area contributed by atoms with Gasteiger partial charge in [-0.25, -0.2) is 8.42 Å². The zero-order valence-corrected chi connectivity index (χ0v) is 24.6. The molecule has 0 fully saturated rings. The van der Waals surface area contributed by atoms with E-state index in [2.05, 4.69) is 5.32 Å². The predicted octanol–water partition coefficient (Wildman–Crippen LogP) is 5.34. The van der Waals surface area contributed by atoms with E-state index in [4.69, 9.17) is 11.6 Å². The number of amides is 2. The number of benzene rings is 3. The van der Waals surface area contributed by atoms with Crippen LogP contribution in [0, 0.1) is 19.8 Å². The van der Waals surface area contributed by atoms with Crippen LogP contribution in [0.15, 0.2) is 77.7 Å². The number of sulfonamides is 1. The summed E-state index contributed by atoms with van der Waals surface area (Å²) in [4.78, 5) is 28.4. The molecule has 1 unspecified atom stereocenters. The molecule has 0 bridgehead atoms. The van der Waals surface area contributed by atoms with Crippen LogP contribution >= 0.6 is 11.6 Å². The molecule has 0 aliphatic carbocycles. The van der Waals surface area contributed by atoms with E-state index < -0.39 is 28.5 Å². The van der Waals surface area contributed by atoms with Crippen molar-refractivity contribution >= 4 is 39.1 Å². The Morgan fingerprint density at radius 1 is 0.897 bits per heavy atom. The highest BCUT2D eigenvalue weighted by molar-refractivity contribution is 7.92. The molecule has 39 heavy (non-hydrogen) atoms. The lowest BCUT2D eigenvalue weighted by atomic mass is 10.1. The van der Waals surface area contributed by atoms with E-state index in [1.807, 2.05) is 39.8 Å². The standard InChI is InChI=1S/C30H36ClN3O4S/c1-21(2)18-32-30(36)24(5)33(19-25-10-9-11-26(31)17-25)29(35)20-34(27-15-14-22(3)23(4)16-27)39(37,38)28-12-7-6-8-13-28/h6-17,21,24H,18-20H2,1-5H3,(H,32,36). The highest BCUT2D eigenvalue weighted by Crippen LogP contribution is 2.26. The molecule has 3 aromatic rings. The van der Waals surface area contributed by atoms with Gasteiger partial charge in [0.25, 0.3) is 10.0 Å². The number of carbonyl (C=O) groups excluding carboxylic acids is 2. The Labute approximate surface area is 236 Å². The number of rotatable bonds is 11. The van der Waals surface area contributed by atoms with E-state index in [9.17, 15) is 18.0 Å². The van der Waals surface area contributed by atoms with Gasteiger partial charge >= 0.3 is 0 Å². The Morgan fingerprint density at radius 3 is 2.21 bits per heavy atom. The zero-order valence-electron chi connectivity index (χ0n) is 23.0. The van der Waals surface area contributed by atoms with Gasteiger partial charge in [-0.1, -0.05) is 61.8 Å². The molecule has 9 heteroatoms. The van der Waals surface area contributed by atoms with Gasteiger partial charge in [0.05, 0.1) is 10.6 Å². The lowest BCUT2D eigenvalue weighted by Gasteiger charge is -2.32. The minimum atomic E-state index is -4.10. The van der Waals surface area contributed by atoms with Crippen LogP contribution in [0.4, 0.5) is 5.69 Å². The van der Waals surface area contributed by atoms with Gasteiger partial charge in [0, 0.05) is 18.1 Å². The van der Waals surface area contributed by atoms with Crippen molar-refractivity contribution in [3.63, 3.8) is 0 Å². The Morgan fingerprint density at radius 2 is 1.59 bits per heavy atom. The number of carbonyl (C=O) groups is 2. The molecule has 3 aromatic carbocycles. The van der Waals surface area contributed by atoms with Crippen LogP contribution in [-0.4, -0.2) is 44.3 Å². The molecule has 1 N–H and O–H groups in total. The van der Waals surface area contributed by atoms with Crippen molar-refractivity contribution in [1.82, 2.24) is 10.2 Å². The first-order valence-electron chi connectivity index (χ1n) is 12.9. The van der Waals surface area contributed by atoms with Crippen molar-refractivity contribution < 1.29 is 18.0 Å². The largest absolute Gasteiger partial charge is 0.354 e. The molecule has 7 nitrogen and oxygen atoms in total. The number of aryl methyl sites for hydroxylation is 2. The predicted molar refractivity (Wildman–Crippen MR) is 156 cm³/mol. The molecule has 208 valence electrons. The normalized spacial score (nSPS) is 12.2. The van der Waals surface area contributed by atoms with E-state index >= 15 is 0 Å². The summed E-state index contributed by atoms with van der Waals surface area (Å²) < 4.78 is 28.8. The first kappa shape index (κ1) is 30.2. The van der Waals surface area contributed by atoms with Gasteiger partial charge in [-0.3, -0.25) is 13.9 Å². The minimum Gasteiger partial charge on any atom is -0.354 e. The molecule has 0 saturated carbocycles. The zero-order chi connectivity index (χ0) is 28.7. The third-order valence-corrected chi connectivity index (χ3v) is 8.51. The van der Waals surface area contributed by atoms with Gasteiger partial charge in [0.15, 0.2) is 0 Å². The van der Waals surface area contributed by atoms with Gasteiger partial charge in [-0.15, -0.1) is 0 Å². The van der Waals surface area contributed by atoms with E-state index in [0.29, 0.717) is 17.3 Å². The Hall–Kier alpha value is -3.36. The van der Waals surface area contributed by atoms with Crippen molar-refractivity contribution in [2.24, 2.45) is 5.92 Å². The van der Waals surface area contributed by atoms with Crippen molar-refractivity contribution in [2.45, 2.75) is 52.1 Å². The SMILES string of the molecule is Cc1ccc(N(CC(=O)N(Cc2cccc(Cl)c2)C(C)C(=O)NCC(C)C)S(=O)(=O)c2ccccc2)cc1C. The van der Waals surface area contributed by atoms with Crippen molar-refractivity contribution in [3.8, 4) is 0 Å². The topological polar surface area (TPSA) is 86.8 Å². The number of hydrogen-bond donors (Lipinski definition) is 1. The lowest BCUT2D eigenvalue weighted by molar-refractivity contribution is -0.139. The molecular weight excluding hydrogens is 534 g/mol. The Bertz CT molecular complexity index is 1410. The average molecular weight is 570 g/mol. The molecule has 3 rings (SSSR count). The first-order chi connectivity index (χ1) is 18.4. The van der Waals surface area contributed by atoms with E-state index in [1.54, 1.807) is 55.5 Å². The fourth-order valence-electron chi connectivity index (χ4n) is 4.00. The van der Waals surface area contributed by atoms with Crippen LogP contribution in [0.5, 0.6) is 0 Å². The van der Waals surface area contributed by atoms with Crippen molar-refractivity contribution in [1.29, 1.82) is 0 Å². The summed E-state index contributed by atoms with van der Waals surface area (Å²) >= 11 is 6.18. The van der Waals surface area contributed by atoms with Crippen LogP contribution in [-0.2, 0) is 26.2 Å². The molecule has 0 spiro atoms. The summed E-state index contributed by atoms with van der Waals surface area (Å²) in [7, 11) is -4.10. The number of nitrogens with zero attached hydrogens (tertiary/aromatic N) is 2. The second-order valence-corrected chi connectivity index (χ2v) is 12.4. The highest BCUT2D eigenvalue weighted by Gasteiger charge is 2.32. The van der Waals surface area contributed by atoms with E-state index in [1.165, 1.54) is 17.0 Å². The monoisotopic (exact) mass is 569 g/mol. The summed E-state index contributed by atoms with van der Waals surface area (Å²) in [6.07, 6.45) is 0. The van der Waals surface area contributed by atoms with Gasteiger partial charge in [-0.2, -0.15) is 0 Å². The van der Waals surface area contributed by atoms with Crippen LogP contribution < -0.4 is 9.62 Å². The molecule has 0 aliphatic rings. The highest BCUT2D eigenvalue weighted by atomic mass is 35.5. The summed E-state index contributed by atoms with van der Waals surface area (Å²) in [5.41, 5.74) is 2.99. The van der Waals surface area contributed by atoms with E-state index in [-0.39, 0.29) is 23.3 Å². The number of hydrogen-bond acceptors (Lipinski definition) is 4. The van der Waals surface area contributed by atoms with Crippen LogP contribution in [0.3, 0.4) is 0 Å². The maximum absolute atomic E-state index is 13.9. The van der Waals surface area contributed by atoms with Crippen LogP contribution in [0.2, 0.25) is 5.02 Å². The summed E-state index contributed by atoms with van der Waals surface area (Å²) in [6.45, 7) is 9.49. The number of halogens is 1. The molecule has 0 radical (unpaired) electrons. The van der Waals surface area contributed by atoms with Gasteiger partial charge in [0.2, 0.25) is 11.8 Å². The second kappa shape index (κ2) is 13.1. The maximum Gasteiger partial charge on any atom is 0.264 e. The fourth-order valence-corrected chi connectivity index (χ4v) is 5.64. The molecule has 0 aromatic heterocycles. The number of nitrogens with one attached hydrogen (secondary N) is 1. The molecule has 0 saturated heterocycles. The van der Waals surface area contributed by atoms with Gasteiger partial charge < -0.3 is 10.2 Å². The van der Waals surface area contributed by atoms with Gasteiger partial charge in [0.1, 0.15) is 12.6 Å². The third kappa shape index (κ3) is 7.83. The molecule has 2 amide bonds. The first-order valence-corrected chi connectivity index (χ1v) is 14.7. The maximum atomic E-state index is 13.9. The van der Waals surface area contributed by atoms with Crippen LogP contribution in [0.1, 0.15) is 37.5 Å². The van der Waals surface area contributed by atoms with Gasteiger partial charge in [-0.05, 0) is 79.8 Å². The fraction of sp³-hybridized carbons (Fsp3) is 0.333. The second-order valence-electron chi connectivity index (χ2n) is 10.1.